The molecule has 5 unspecified atom stereocenters. The number of hydrogen-bond donors (Lipinski definition) is 1. The Kier molecular flexibility index (Phi) is 7.34. The van der Waals surface area contributed by atoms with Gasteiger partial charge >= 0.3 is 23.5 Å². The van der Waals surface area contributed by atoms with E-state index in [4.69, 9.17) is 28.1 Å². The van der Waals surface area contributed by atoms with E-state index in [9.17, 15) is 24.3 Å². The summed E-state index contributed by atoms with van der Waals surface area (Å²) in [4.78, 5) is 46.9. The van der Waals surface area contributed by atoms with Crippen molar-refractivity contribution >= 4 is 28.9 Å². The molecule has 3 rings (SSSR count). The molecule has 178 valence electrons. The lowest BCUT2D eigenvalue weighted by Gasteiger charge is -2.43. The third-order valence-corrected chi connectivity index (χ3v) is 4.85. The van der Waals surface area contributed by atoms with Gasteiger partial charge in [-0.1, -0.05) is 0 Å². The number of hydrogen-bond acceptors (Lipinski definition) is 11. The Balaban J connectivity index is 2.00. The van der Waals surface area contributed by atoms with Crippen molar-refractivity contribution < 1.29 is 47.6 Å². The monoisotopic (exact) mass is 464 g/mol. The maximum atomic E-state index is 11.8. The van der Waals surface area contributed by atoms with Crippen molar-refractivity contribution in [2.24, 2.45) is 0 Å². The van der Waals surface area contributed by atoms with Crippen LogP contribution in [0.3, 0.4) is 0 Å². The van der Waals surface area contributed by atoms with Crippen LogP contribution in [-0.4, -0.2) is 60.3 Å². The standard InChI is InChI=1S/C22H24O11/c1-10-7-18(27)32-16-8-14(5-6-15(10)16)31-22-21(30-13(4)26)20(29-12(3)25)19(28-11(2)24)17(9-23)33-22/h5-8,17,19-23H,9H2,1-4H3. The minimum absolute atomic E-state index is 0.183. The average Bonchev–Trinajstić information content (AvgIpc) is 2.70. The van der Waals surface area contributed by atoms with Crippen molar-refractivity contribution in [2.75, 3.05) is 6.61 Å². The third kappa shape index (κ3) is 5.68. The fourth-order valence-electron chi connectivity index (χ4n) is 3.61. The Labute approximate surface area is 188 Å². The van der Waals surface area contributed by atoms with Gasteiger partial charge in [0.05, 0.1) is 6.61 Å². The molecule has 0 bridgehead atoms. The molecule has 2 aromatic rings. The van der Waals surface area contributed by atoms with Crippen molar-refractivity contribution in [3.63, 3.8) is 0 Å². The number of rotatable bonds is 6. The molecular formula is C22H24O11. The number of benzene rings is 1. The highest BCUT2D eigenvalue weighted by Gasteiger charge is 2.52. The second kappa shape index (κ2) is 10.0. The van der Waals surface area contributed by atoms with E-state index in [0.29, 0.717) is 10.9 Å². The highest BCUT2D eigenvalue weighted by Crippen LogP contribution is 2.31. The zero-order valence-electron chi connectivity index (χ0n) is 18.4. The number of carbonyl (C=O) groups is 3. The van der Waals surface area contributed by atoms with Gasteiger partial charge in [-0.3, -0.25) is 14.4 Å². The average molecular weight is 464 g/mol. The highest BCUT2D eigenvalue weighted by atomic mass is 16.7. The van der Waals surface area contributed by atoms with Gasteiger partial charge in [0, 0.05) is 38.3 Å². The van der Waals surface area contributed by atoms with E-state index >= 15 is 0 Å². The van der Waals surface area contributed by atoms with Gasteiger partial charge in [-0.05, 0) is 24.6 Å². The number of ether oxygens (including phenoxy) is 5. The summed E-state index contributed by atoms with van der Waals surface area (Å²) in [5, 5.41) is 10.5. The molecule has 11 heteroatoms. The molecule has 2 heterocycles. The van der Waals surface area contributed by atoms with Gasteiger partial charge in [-0.15, -0.1) is 0 Å². The van der Waals surface area contributed by atoms with Crippen LogP contribution >= 0.6 is 0 Å². The molecule has 0 radical (unpaired) electrons. The molecule has 0 aliphatic carbocycles. The maximum absolute atomic E-state index is 11.8. The van der Waals surface area contributed by atoms with E-state index in [1.54, 1.807) is 19.1 Å². The normalized spacial score (nSPS) is 24.7. The summed E-state index contributed by atoms with van der Waals surface area (Å²) < 4.78 is 32.6. The molecule has 0 spiro atoms. The van der Waals surface area contributed by atoms with Crippen LogP contribution < -0.4 is 10.4 Å². The van der Waals surface area contributed by atoms with Crippen LogP contribution in [0.5, 0.6) is 5.75 Å². The lowest BCUT2D eigenvalue weighted by atomic mass is 9.98. The molecule has 33 heavy (non-hydrogen) atoms. The third-order valence-electron chi connectivity index (χ3n) is 4.85. The second-order valence-corrected chi connectivity index (χ2v) is 7.47. The molecule has 1 aromatic carbocycles. The summed E-state index contributed by atoms with van der Waals surface area (Å²) in [7, 11) is 0. The van der Waals surface area contributed by atoms with Crippen LogP contribution in [0.4, 0.5) is 0 Å². The predicted octanol–water partition coefficient (Wildman–Crippen LogP) is 0.993. The van der Waals surface area contributed by atoms with Gasteiger partial charge in [0.2, 0.25) is 12.4 Å². The van der Waals surface area contributed by atoms with Crippen molar-refractivity contribution in [1.82, 2.24) is 0 Å². The lowest BCUT2D eigenvalue weighted by molar-refractivity contribution is -0.287. The summed E-state index contributed by atoms with van der Waals surface area (Å²) in [6.45, 7) is 4.53. The largest absolute Gasteiger partial charge is 0.461 e. The Bertz CT molecular complexity index is 1110. The Morgan fingerprint density at radius 1 is 0.939 bits per heavy atom. The Morgan fingerprint density at radius 2 is 1.55 bits per heavy atom. The smallest absolute Gasteiger partial charge is 0.336 e. The molecule has 0 amide bonds. The molecule has 1 aliphatic rings. The highest BCUT2D eigenvalue weighted by molar-refractivity contribution is 5.81. The summed E-state index contributed by atoms with van der Waals surface area (Å²) in [6.07, 6.45) is -6.46. The van der Waals surface area contributed by atoms with Gasteiger partial charge in [-0.25, -0.2) is 4.79 Å². The van der Waals surface area contributed by atoms with E-state index in [1.807, 2.05) is 0 Å². The molecule has 11 nitrogen and oxygen atoms in total. The van der Waals surface area contributed by atoms with Gasteiger partial charge in [0.25, 0.3) is 0 Å². The minimum Gasteiger partial charge on any atom is -0.461 e. The number of esters is 3. The quantitative estimate of drug-likeness (QED) is 0.371. The van der Waals surface area contributed by atoms with Gasteiger partial charge < -0.3 is 33.2 Å². The van der Waals surface area contributed by atoms with Crippen LogP contribution in [-0.2, 0) is 33.3 Å². The van der Waals surface area contributed by atoms with E-state index in [2.05, 4.69) is 0 Å². The molecule has 1 fully saturated rings. The van der Waals surface area contributed by atoms with Gasteiger partial charge in [0.15, 0.2) is 12.2 Å². The van der Waals surface area contributed by atoms with Crippen LogP contribution in [0.15, 0.2) is 33.5 Å². The van der Waals surface area contributed by atoms with Crippen molar-refractivity contribution in [1.29, 1.82) is 0 Å². The van der Waals surface area contributed by atoms with Crippen molar-refractivity contribution in [3.8, 4) is 5.75 Å². The molecule has 1 aliphatic heterocycles. The first kappa shape index (κ1) is 24.2. The summed E-state index contributed by atoms with van der Waals surface area (Å²) >= 11 is 0. The molecular weight excluding hydrogens is 440 g/mol. The first-order valence-electron chi connectivity index (χ1n) is 10.1. The zero-order valence-corrected chi connectivity index (χ0v) is 18.4. The summed E-state index contributed by atoms with van der Waals surface area (Å²) in [5.74, 6) is -2.02. The fraction of sp³-hybridized carbons (Fsp3) is 0.455. The van der Waals surface area contributed by atoms with Crippen molar-refractivity contribution in [3.05, 3.63) is 40.2 Å². The van der Waals surface area contributed by atoms with E-state index in [-0.39, 0.29) is 11.3 Å². The molecule has 1 N–H and O–H groups in total. The number of fused-ring (bicyclic) bond motifs is 1. The van der Waals surface area contributed by atoms with E-state index in [0.717, 1.165) is 20.8 Å². The topological polar surface area (TPSA) is 148 Å². The van der Waals surface area contributed by atoms with Crippen LogP contribution in [0.25, 0.3) is 11.0 Å². The minimum atomic E-state index is -1.36. The zero-order chi connectivity index (χ0) is 24.3. The van der Waals surface area contributed by atoms with Crippen LogP contribution in [0.1, 0.15) is 26.3 Å². The number of aliphatic hydroxyl groups is 1. The van der Waals surface area contributed by atoms with E-state index in [1.165, 1.54) is 12.1 Å². The van der Waals surface area contributed by atoms with Crippen molar-refractivity contribution in [2.45, 2.75) is 58.4 Å². The molecule has 1 saturated heterocycles. The second-order valence-electron chi connectivity index (χ2n) is 7.47. The number of aryl methyl sites for hydroxylation is 1. The van der Waals surface area contributed by atoms with Gasteiger partial charge in [-0.2, -0.15) is 0 Å². The maximum Gasteiger partial charge on any atom is 0.336 e. The first-order chi connectivity index (χ1) is 15.6. The number of aliphatic hydroxyl groups excluding tert-OH is 1. The summed E-state index contributed by atoms with van der Waals surface area (Å²) in [6, 6.07) is 6.05. The van der Waals surface area contributed by atoms with Crippen LogP contribution in [0, 0.1) is 6.92 Å². The lowest BCUT2D eigenvalue weighted by Crippen LogP contribution is -2.63. The molecule has 0 saturated carbocycles. The van der Waals surface area contributed by atoms with Crippen LogP contribution in [0.2, 0.25) is 0 Å². The number of carbonyl (C=O) groups excluding carboxylic acids is 3. The Hall–Kier alpha value is -3.44. The predicted molar refractivity (Wildman–Crippen MR) is 110 cm³/mol. The van der Waals surface area contributed by atoms with Gasteiger partial charge in [0.1, 0.15) is 17.4 Å². The SMILES string of the molecule is CC(=O)OC1C(CO)OC(Oc2ccc3c(C)cc(=O)oc3c2)C(OC(C)=O)C1OC(C)=O. The molecule has 1 aromatic heterocycles. The summed E-state index contributed by atoms with van der Waals surface area (Å²) in [5.41, 5.74) is 0.424. The van der Waals surface area contributed by atoms with E-state index < -0.39 is 60.8 Å². The first-order valence-corrected chi connectivity index (χ1v) is 10.1. The molecule has 5 atom stereocenters. The fourth-order valence-corrected chi connectivity index (χ4v) is 3.61. The Morgan fingerprint density at radius 3 is 2.15 bits per heavy atom.